The second-order valence-corrected chi connectivity index (χ2v) is 5.54. The molecule has 0 spiro atoms. The Morgan fingerprint density at radius 3 is 2.26 bits per heavy atom. The SMILES string of the molecule is CC(C)[C@H](N)C(=O)N(C(C)C)[C@H](C)c1ccccn1. The molecule has 0 aliphatic rings. The summed E-state index contributed by atoms with van der Waals surface area (Å²) in [4.78, 5) is 18.7. The molecule has 2 atom stereocenters. The summed E-state index contributed by atoms with van der Waals surface area (Å²) in [6, 6.07) is 5.30. The topological polar surface area (TPSA) is 59.2 Å². The Morgan fingerprint density at radius 1 is 1.21 bits per heavy atom. The molecule has 4 heteroatoms. The molecule has 1 amide bonds. The zero-order valence-corrected chi connectivity index (χ0v) is 12.5. The molecule has 0 aliphatic heterocycles. The van der Waals surface area contributed by atoms with Crippen molar-refractivity contribution in [3.63, 3.8) is 0 Å². The van der Waals surface area contributed by atoms with Crippen LogP contribution in [0, 0.1) is 5.92 Å². The van der Waals surface area contributed by atoms with Crippen LogP contribution in [0.25, 0.3) is 0 Å². The highest BCUT2D eigenvalue weighted by atomic mass is 16.2. The van der Waals surface area contributed by atoms with Gasteiger partial charge in [-0.15, -0.1) is 0 Å². The Bertz CT molecular complexity index is 403. The van der Waals surface area contributed by atoms with E-state index in [2.05, 4.69) is 4.98 Å². The van der Waals surface area contributed by atoms with Crippen LogP contribution in [0.3, 0.4) is 0 Å². The van der Waals surface area contributed by atoms with Gasteiger partial charge in [0.2, 0.25) is 5.91 Å². The number of amides is 1. The van der Waals surface area contributed by atoms with Crippen molar-refractivity contribution in [2.24, 2.45) is 11.7 Å². The number of hydrogen-bond acceptors (Lipinski definition) is 3. The average Bonchev–Trinajstić information content (AvgIpc) is 2.38. The number of nitrogens with zero attached hydrogens (tertiary/aromatic N) is 2. The smallest absolute Gasteiger partial charge is 0.240 e. The minimum Gasteiger partial charge on any atom is -0.331 e. The second-order valence-electron chi connectivity index (χ2n) is 5.54. The molecule has 0 unspecified atom stereocenters. The third-order valence-corrected chi connectivity index (χ3v) is 3.35. The van der Waals surface area contributed by atoms with Crippen LogP contribution in [0.1, 0.15) is 46.4 Å². The molecule has 0 aliphatic carbocycles. The fraction of sp³-hybridized carbons (Fsp3) is 0.600. The summed E-state index contributed by atoms with van der Waals surface area (Å²) in [5, 5.41) is 0. The van der Waals surface area contributed by atoms with Crippen molar-refractivity contribution in [3.05, 3.63) is 30.1 Å². The molecule has 106 valence electrons. The van der Waals surface area contributed by atoms with Crippen LogP contribution in [-0.2, 0) is 4.79 Å². The first-order valence-corrected chi connectivity index (χ1v) is 6.85. The molecule has 0 saturated carbocycles. The Balaban J connectivity index is 2.98. The maximum absolute atomic E-state index is 12.5. The van der Waals surface area contributed by atoms with Crippen molar-refractivity contribution in [1.29, 1.82) is 0 Å². The van der Waals surface area contributed by atoms with E-state index in [4.69, 9.17) is 5.73 Å². The van der Waals surface area contributed by atoms with E-state index in [-0.39, 0.29) is 23.9 Å². The van der Waals surface area contributed by atoms with E-state index in [9.17, 15) is 4.79 Å². The molecule has 4 nitrogen and oxygen atoms in total. The molecule has 1 rings (SSSR count). The summed E-state index contributed by atoms with van der Waals surface area (Å²) in [5.41, 5.74) is 6.89. The van der Waals surface area contributed by atoms with E-state index >= 15 is 0 Å². The normalized spacial score (nSPS) is 14.5. The summed E-state index contributed by atoms with van der Waals surface area (Å²) < 4.78 is 0. The highest BCUT2D eigenvalue weighted by Crippen LogP contribution is 2.22. The first-order chi connectivity index (χ1) is 8.86. The number of carbonyl (C=O) groups excluding carboxylic acids is 1. The maximum Gasteiger partial charge on any atom is 0.240 e. The molecule has 0 saturated heterocycles. The van der Waals surface area contributed by atoms with Crippen LogP contribution in [0.15, 0.2) is 24.4 Å². The lowest BCUT2D eigenvalue weighted by Gasteiger charge is -2.35. The Morgan fingerprint density at radius 2 is 1.84 bits per heavy atom. The van der Waals surface area contributed by atoms with E-state index in [0.29, 0.717) is 0 Å². The number of hydrogen-bond donors (Lipinski definition) is 1. The van der Waals surface area contributed by atoms with Crippen LogP contribution in [-0.4, -0.2) is 27.9 Å². The number of pyridine rings is 1. The van der Waals surface area contributed by atoms with E-state index in [1.54, 1.807) is 6.20 Å². The van der Waals surface area contributed by atoms with Crippen molar-refractivity contribution >= 4 is 5.91 Å². The van der Waals surface area contributed by atoms with Gasteiger partial charge < -0.3 is 10.6 Å². The lowest BCUT2D eigenvalue weighted by atomic mass is 10.0. The molecule has 0 aromatic carbocycles. The van der Waals surface area contributed by atoms with Crippen molar-refractivity contribution in [2.75, 3.05) is 0 Å². The Hall–Kier alpha value is -1.42. The second kappa shape index (κ2) is 6.66. The van der Waals surface area contributed by atoms with Crippen LogP contribution in [0.5, 0.6) is 0 Å². The van der Waals surface area contributed by atoms with Gasteiger partial charge in [-0.25, -0.2) is 0 Å². The third kappa shape index (κ3) is 3.77. The van der Waals surface area contributed by atoms with E-state index < -0.39 is 6.04 Å². The van der Waals surface area contributed by atoms with Crippen molar-refractivity contribution in [2.45, 2.75) is 52.7 Å². The minimum atomic E-state index is -0.464. The van der Waals surface area contributed by atoms with Gasteiger partial charge in [0.05, 0.1) is 17.8 Å². The quantitative estimate of drug-likeness (QED) is 0.887. The van der Waals surface area contributed by atoms with Crippen LogP contribution in [0.2, 0.25) is 0 Å². The summed E-state index contributed by atoms with van der Waals surface area (Å²) >= 11 is 0. The average molecular weight is 263 g/mol. The van der Waals surface area contributed by atoms with Gasteiger partial charge in [-0.3, -0.25) is 9.78 Å². The lowest BCUT2D eigenvalue weighted by molar-refractivity contribution is -0.137. The van der Waals surface area contributed by atoms with E-state index in [0.717, 1.165) is 5.69 Å². The van der Waals surface area contributed by atoms with Gasteiger partial charge in [-0.2, -0.15) is 0 Å². The van der Waals surface area contributed by atoms with Gasteiger partial charge in [0.1, 0.15) is 0 Å². The number of carbonyl (C=O) groups is 1. The number of rotatable bonds is 5. The zero-order chi connectivity index (χ0) is 14.6. The summed E-state index contributed by atoms with van der Waals surface area (Å²) in [6.07, 6.45) is 1.75. The van der Waals surface area contributed by atoms with E-state index in [1.807, 2.05) is 57.7 Å². The minimum absolute atomic E-state index is 0.0110. The lowest BCUT2D eigenvalue weighted by Crippen LogP contribution is -2.50. The molecule has 1 aromatic rings. The highest BCUT2D eigenvalue weighted by Gasteiger charge is 2.30. The zero-order valence-electron chi connectivity index (χ0n) is 12.5. The van der Waals surface area contributed by atoms with Gasteiger partial charge in [-0.1, -0.05) is 19.9 Å². The number of nitrogens with two attached hydrogens (primary N) is 1. The monoisotopic (exact) mass is 263 g/mol. The Labute approximate surface area is 116 Å². The van der Waals surface area contributed by atoms with Gasteiger partial charge in [0, 0.05) is 12.2 Å². The fourth-order valence-electron chi connectivity index (χ4n) is 2.12. The third-order valence-electron chi connectivity index (χ3n) is 3.35. The molecule has 1 aromatic heterocycles. The maximum atomic E-state index is 12.5. The van der Waals surface area contributed by atoms with Crippen molar-refractivity contribution in [3.8, 4) is 0 Å². The van der Waals surface area contributed by atoms with Gasteiger partial charge in [0.25, 0.3) is 0 Å². The largest absolute Gasteiger partial charge is 0.331 e. The Kier molecular flexibility index (Phi) is 5.48. The van der Waals surface area contributed by atoms with Gasteiger partial charge in [-0.05, 0) is 38.8 Å². The first kappa shape index (κ1) is 15.6. The van der Waals surface area contributed by atoms with Crippen molar-refractivity contribution < 1.29 is 4.79 Å². The molecule has 19 heavy (non-hydrogen) atoms. The van der Waals surface area contributed by atoms with Crippen LogP contribution < -0.4 is 5.73 Å². The summed E-state index contributed by atoms with van der Waals surface area (Å²) in [5.74, 6) is 0.118. The highest BCUT2D eigenvalue weighted by molar-refractivity contribution is 5.82. The van der Waals surface area contributed by atoms with E-state index in [1.165, 1.54) is 0 Å². The fourth-order valence-corrected chi connectivity index (χ4v) is 2.12. The first-order valence-electron chi connectivity index (χ1n) is 6.85. The van der Waals surface area contributed by atoms with Crippen LogP contribution in [0.4, 0.5) is 0 Å². The molecule has 0 fully saturated rings. The molecular weight excluding hydrogens is 238 g/mol. The summed E-state index contributed by atoms with van der Waals surface area (Å²) in [6.45, 7) is 9.93. The van der Waals surface area contributed by atoms with Gasteiger partial charge in [0.15, 0.2) is 0 Å². The molecule has 0 radical (unpaired) electrons. The van der Waals surface area contributed by atoms with Crippen molar-refractivity contribution in [1.82, 2.24) is 9.88 Å². The van der Waals surface area contributed by atoms with Crippen LogP contribution >= 0.6 is 0 Å². The molecular formula is C15H25N3O. The predicted octanol–water partition coefficient (Wildman–Crippen LogP) is 2.36. The summed E-state index contributed by atoms with van der Waals surface area (Å²) in [7, 11) is 0. The molecule has 2 N–H and O–H groups in total. The standard InChI is InChI=1S/C15H25N3O/c1-10(2)14(16)15(19)18(11(3)4)12(5)13-8-6-7-9-17-13/h6-12,14H,16H2,1-5H3/t12-,14+/m1/s1. The number of aromatic nitrogens is 1. The molecule has 1 heterocycles. The van der Waals surface area contributed by atoms with Gasteiger partial charge >= 0.3 is 0 Å². The predicted molar refractivity (Wildman–Crippen MR) is 77.4 cm³/mol. The molecule has 0 bridgehead atoms.